The number of nitrogens with one attached hydrogen (secondary N) is 1. The molecule has 2 fully saturated rings. The van der Waals surface area contributed by atoms with Crippen molar-refractivity contribution >= 4 is 5.91 Å². The van der Waals surface area contributed by atoms with Gasteiger partial charge in [-0.3, -0.25) is 4.79 Å². The second kappa shape index (κ2) is 8.14. The average molecular weight is 334 g/mol. The van der Waals surface area contributed by atoms with E-state index in [0.29, 0.717) is 18.2 Å². The van der Waals surface area contributed by atoms with Crippen molar-refractivity contribution in [2.45, 2.75) is 12.8 Å². The number of carbonyl (C=O) groups is 1. The summed E-state index contributed by atoms with van der Waals surface area (Å²) in [6, 6.07) is 3.68. The number of hydrogen-bond acceptors (Lipinski definition) is 4. The third kappa shape index (κ3) is 4.37. The Balaban J connectivity index is 1.61. The summed E-state index contributed by atoms with van der Waals surface area (Å²) in [5, 5.41) is 9.66. The molecule has 1 aromatic rings. The summed E-state index contributed by atoms with van der Waals surface area (Å²) in [5.74, 6) is 0.689. The third-order valence-corrected chi connectivity index (χ3v) is 5.33. The Morgan fingerprint density at radius 3 is 2.83 bits per heavy atom. The lowest BCUT2D eigenvalue weighted by molar-refractivity contribution is 0.0449. The molecule has 1 amide bonds. The normalized spacial score (nSPS) is 27.2. The number of hydrogen-bond donors (Lipinski definition) is 2. The van der Waals surface area contributed by atoms with Crippen molar-refractivity contribution in [3.05, 3.63) is 24.0 Å². The maximum Gasteiger partial charge on any atom is 0.270 e. The van der Waals surface area contributed by atoms with Crippen LogP contribution < -0.4 is 0 Å². The Hall–Kier alpha value is -1.37. The summed E-state index contributed by atoms with van der Waals surface area (Å²) in [7, 11) is 2.18. The van der Waals surface area contributed by atoms with Crippen LogP contribution in [0.4, 0.5) is 0 Å². The molecule has 2 aliphatic rings. The van der Waals surface area contributed by atoms with Crippen LogP contribution in [0.3, 0.4) is 0 Å². The van der Waals surface area contributed by atoms with Gasteiger partial charge in [0.2, 0.25) is 0 Å². The van der Waals surface area contributed by atoms with Crippen LogP contribution in [0, 0.1) is 11.8 Å². The number of likely N-dealkylation sites (N-methyl/N-ethyl adjacent to an activating group) is 1. The van der Waals surface area contributed by atoms with E-state index in [2.05, 4.69) is 21.8 Å². The summed E-state index contributed by atoms with van der Waals surface area (Å²) < 4.78 is 0. The van der Waals surface area contributed by atoms with Gasteiger partial charge in [0.05, 0.1) is 0 Å². The lowest BCUT2D eigenvalue weighted by atomic mass is 9.89. The van der Waals surface area contributed by atoms with Crippen LogP contribution in [0.1, 0.15) is 23.3 Å². The molecule has 0 saturated carbocycles. The number of rotatable bonds is 4. The van der Waals surface area contributed by atoms with Crippen LogP contribution in [0.15, 0.2) is 18.3 Å². The van der Waals surface area contributed by atoms with Crippen molar-refractivity contribution in [3.8, 4) is 0 Å². The van der Waals surface area contributed by atoms with Crippen LogP contribution in [-0.4, -0.2) is 90.2 Å². The summed E-state index contributed by atoms with van der Waals surface area (Å²) in [6.07, 6.45) is 4.00. The van der Waals surface area contributed by atoms with Crippen molar-refractivity contribution in [2.24, 2.45) is 11.8 Å². The third-order valence-electron chi connectivity index (χ3n) is 5.33. The van der Waals surface area contributed by atoms with Crippen LogP contribution in [0.5, 0.6) is 0 Å². The number of aliphatic hydroxyl groups excluding tert-OH is 1. The molecule has 1 aromatic heterocycles. The van der Waals surface area contributed by atoms with E-state index in [9.17, 15) is 9.90 Å². The zero-order valence-electron chi connectivity index (χ0n) is 14.7. The van der Waals surface area contributed by atoms with Gasteiger partial charge in [-0.1, -0.05) is 0 Å². The number of carbonyl (C=O) groups excluding carboxylic acids is 1. The molecular formula is C18H30N4O2. The van der Waals surface area contributed by atoms with Crippen LogP contribution in [0.2, 0.25) is 0 Å². The van der Waals surface area contributed by atoms with Gasteiger partial charge in [0.1, 0.15) is 5.69 Å². The number of aliphatic hydroxyl groups is 1. The molecular weight excluding hydrogens is 304 g/mol. The minimum atomic E-state index is 0.0544. The second-order valence-corrected chi connectivity index (χ2v) is 7.40. The van der Waals surface area contributed by atoms with Crippen molar-refractivity contribution in [2.75, 3.05) is 59.5 Å². The largest absolute Gasteiger partial charge is 0.396 e. The SMILES string of the molecule is CN1CCCN(C[C@@H]2C[C@@H](CO)CN(C(=O)c3ccc[nH]3)C2)CC1. The molecule has 134 valence electrons. The molecule has 2 N–H and O–H groups in total. The zero-order chi connectivity index (χ0) is 16.9. The van der Waals surface area contributed by atoms with Gasteiger partial charge in [0.25, 0.3) is 5.91 Å². The number of aromatic amines is 1. The number of likely N-dealkylation sites (tertiary alicyclic amines) is 1. The van der Waals surface area contributed by atoms with E-state index in [-0.39, 0.29) is 18.4 Å². The minimum absolute atomic E-state index is 0.0544. The molecule has 0 bridgehead atoms. The first kappa shape index (κ1) is 17.5. The molecule has 24 heavy (non-hydrogen) atoms. The predicted octanol–water partition coefficient (Wildman–Crippen LogP) is 0.723. The first-order chi connectivity index (χ1) is 11.7. The Morgan fingerprint density at radius 1 is 1.25 bits per heavy atom. The number of amides is 1. The van der Waals surface area contributed by atoms with Gasteiger partial charge in [-0.05, 0) is 56.9 Å². The van der Waals surface area contributed by atoms with E-state index in [1.807, 2.05) is 17.0 Å². The Kier molecular flexibility index (Phi) is 5.92. The van der Waals surface area contributed by atoms with Crippen LogP contribution >= 0.6 is 0 Å². The quantitative estimate of drug-likeness (QED) is 0.852. The highest BCUT2D eigenvalue weighted by Gasteiger charge is 2.31. The molecule has 2 saturated heterocycles. The molecule has 0 radical (unpaired) electrons. The highest BCUT2D eigenvalue weighted by molar-refractivity contribution is 5.92. The summed E-state index contributed by atoms with van der Waals surface area (Å²) in [4.78, 5) is 22.5. The van der Waals surface area contributed by atoms with Gasteiger partial charge < -0.3 is 24.8 Å². The smallest absolute Gasteiger partial charge is 0.270 e. The summed E-state index contributed by atoms with van der Waals surface area (Å²) in [5.41, 5.74) is 0.642. The van der Waals surface area contributed by atoms with E-state index in [1.54, 1.807) is 6.20 Å². The van der Waals surface area contributed by atoms with E-state index < -0.39 is 0 Å². The fraction of sp³-hybridized carbons (Fsp3) is 0.722. The Morgan fingerprint density at radius 2 is 2.08 bits per heavy atom. The first-order valence-electron chi connectivity index (χ1n) is 9.10. The lowest BCUT2D eigenvalue weighted by Crippen LogP contribution is -2.48. The van der Waals surface area contributed by atoms with Crippen LogP contribution in [-0.2, 0) is 0 Å². The molecule has 2 atom stereocenters. The maximum absolute atomic E-state index is 12.7. The topological polar surface area (TPSA) is 62.8 Å². The summed E-state index contributed by atoms with van der Waals surface area (Å²) >= 11 is 0. The van der Waals surface area contributed by atoms with Crippen LogP contribution in [0.25, 0.3) is 0 Å². The number of piperidine rings is 1. The standard InChI is InChI=1S/C18H30N4O2/c1-20-6-3-7-21(9-8-20)11-15-10-16(14-23)13-22(12-15)18(24)17-4-2-5-19-17/h2,4-5,15-16,19,23H,3,6-14H2,1H3/t15-,16+/m0/s1. The minimum Gasteiger partial charge on any atom is -0.396 e. The van der Waals surface area contributed by atoms with Gasteiger partial charge in [-0.25, -0.2) is 0 Å². The maximum atomic E-state index is 12.7. The molecule has 0 spiro atoms. The molecule has 3 heterocycles. The van der Waals surface area contributed by atoms with Crippen molar-refractivity contribution in [3.63, 3.8) is 0 Å². The van der Waals surface area contributed by atoms with E-state index in [0.717, 1.165) is 45.7 Å². The number of aromatic nitrogens is 1. The molecule has 0 aromatic carbocycles. The van der Waals surface area contributed by atoms with E-state index in [1.165, 1.54) is 6.42 Å². The first-order valence-corrected chi connectivity index (χ1v) is 9.10. The van der Waals surface area contributed by atoms with Gasteiger partial charge in [-0.15, -0.1) is 0 Å². The molecule has 0 aliphatic carbocycles. The monoisotopic (exact) mass is 334 g/mol. The number of nitrogens with zero attached hydrogens (tertiary/aromatic N) is 3. The van der Waals surface area contributed by atoms with Gasteiger partial charge in [0, 0.05) is 45.5 Å². The second-order valence-electron chi connectivity index (χ2n) is 7.40. The molecule has 2 aliphatic heterocycles. The molecule has 3 rings (SSSR count). The lowest BCUT2D eigenvalue weighted by Gasteiger charge is -2.39. The highest BCUT2D eigenvalue weighted by atomic mass is 16.3. The van der Waals surface area contributed by atoms with Gasteiger partial charge >= 0.3 is 0 Å². The van der Waals surface area contributed by atoms with Gasteiger partial charge in [-0.2, -0.15) is 0 Å². The predicted molar refractivity (Wildman–Crippen MR) is 93.9 cm³/mol. The van der Waals surface area contributed by atoms with Crippen molar-refractivity contribution < 1.29 is 9.90 Å². The van der Waals surface area contributed by atoms with Crippen molar-refractivity contribution in [1.82, 2.24) is 19.7 Å². The summed E-state index contributed by atoms with van der Waals surface area (Å²) in [6.45, 7) is 7.15. The molecule has 6 heteroatoms. The fourth-order valence-electron chi connectivity index (χ4n) is 4.03. The van der Waals surface area contributed by atoms with Crippen molar-refractivity contribution in [1.29, 1.82) is 0 Å². The highest BCUT2D eigenvalue weighted by Crippen LogP contribution is 2.24. The molecule has 6 nitrogen and oxygen atoms in total. The average Bonchev–Trinajstić information content (AvgIpc) is 3.05. The van der Waals surface area contributed by atoms with E-state index >= 15 is 0 Å². The Labute approximate surface area is 144 Å². The fourth-order valence-corrected chi connectivity index (χ4v) is 4.03. The zero-order valence-corrected chi connectivity index (χ0v) is 14.7. The Bertz CT molecular complexity index is 519. The van der Waals surface area contributed by atoms with E-state index in [4.69, 9.17) is 0 Å². The van der Waals surface area contributed by atoms with Gasteiger partial charge in [0.15, 0.2) is 0 Å². The molecule has 0 unspecified atom stereocenters. The number of H-pyrrole nitrogens is 1.